The standard InChI is InChI=1S/C22H20FN3OS/c1-12-6-11-18(28-12)21-19-13(2)25-26(15-9-7-14(23)8-10-15)22(19)24-16-4-3-5-17(27)20(16)21/h6-11,21,24H,3-5H2,1-2H3. The largest absolute Gasteiger partial charge is 0.343 e. The lowest BCUT2D eigenvalue weighted by molar-refractivity contribution is -0.116. The summed E-state index contributed by atoms with van der Waals surface area (Å²) in [5.41, 5.74) is 4.61. The van der Waals surface area contributed by atoms with Crippen molar-refractivity contribution in [2.75, 3.05) is 5.32 Å². The van der Waals surface area contributed by atoms with E-state index in [4.69, 9.17) is 5.10 Å². The third-order valence-electron chi connectivity index (χ3n) is 5.53. The van der Waals surface area contributed by atoms with Gasteiger partial charge in [-0.1, -0.05) is 0 Å². The number of aryl methyl sites for hydroxylation is 2. The number of fused-ring (bicyclic) bond motifs is 1. The van der Waals surface area contributed by atoms with E-state index in [9.17, 15) is 9.18 Å². The van der Waals surface area contributed by atoms with Gasteiger partial charge in [-0.3, -0.25) is 4.79 Å². The van der Waals surface area contributed by atoms with Crippen molar-refractivity contribution in [3.8, 4) is 5.69 Å². The predicted molar refractivity (Wildman–Crippen MR) is 109 cm³/mol. The van der Waals surface area contributed by atoms with Crippen molar-refractivity contribution in [2.24, 2.45) is 0 Å². The molecule has 0 radical (unpaired) electrons. The number of benzene rings is 1. The first kappa shape index (κ1) is 17.4. The Morgan fingerprint density at radius 3 is 2.64 bits per heavy atom. The molecule has 2 aliphatic rings. The number of anilines is 1. The molecular formula is C22H20FN3OS. The first-order valence-electron chi connectivity index (χ1n) is 9.48. The number of rotatable bonds is 2. The van der Waals surface area contributed by atoms with E-state index in [0.29, 0.717) is 6.42 Å². The third-order valence-corrected chi connectivity index (χ3v) is 6.59. The van der Waals surface area contributed by atoms with Gasteiger partial charge in [0.15, 0.2) is 5.78 Å². The van der Waals surface area contributed by atoms with Gasteiger partial charge in [0.1, 0.15) is 11.6 Å². The van der Waals surface area contributed by atoms with Crippen molar-refractivity contribution >= 4 is 22.9 Å². The number of Topliss-reactive ketones (excluding diaryl/α,β-unsaturated/α-hetero) is 1. The Morgan fingerprint density at radius 1 is 1.14 bits per heavy atom. The van der Waals surface area contributed by atoms with Crippen LogP contribution in [0.25, 0.3) is 5.69 Å². The van der Waals surface area contributed by atoms with Gasteiger partial charge in [0.05, 0.1) is 17.3 Å². The molecule has 0 bridgehead atoms. The number of nitrogens with zero attached hydrogens (tertiary/aromatic N) is 2. The number of nitrogens with one attached hydrogen (secondary N) is 1. The summed E-state index contributed by atoms with van der Waals surface area (Å²) in [6, 6.07) is 10.6. The van der Waals surface area contributed by atoms with Gasteiger partial charge in [0.25, 0.3) is 0 Å². The van der Waals surface area contributed by atoms with E-state index < -0.39 is 0 Å². The molecular weight excluding hydrogens is 373 g/mol. The minimum absolute atomic E-state index is 0.0908. The van der Waals surface area contributed by atoms with Crippen molar-refractivity contribution in [3.05, 3.63) is 74.5 Å². The highest BCUT2D eigenvalue weighted by molar-refractivity contribution is 7.12. The zero-order valence-corrected chi connectivity index (χ0v) is 16.6. The Hall–Kier alpha value is -2.73. The zero-order chi connectivity index (χ0) is 19.4. The molecule has 0 saturated carbocycles. The van der Waals surface area contributed by atoms with E-state index in [1.165, 1.54) is 21.9 Å². The van der Waals surface area contributed by atoms with Crippen molar-refractivity contribution in [1.82, 2.24) is 9.78 Å². The van der Waals surface area contributed by atoms with Crippen LogP contribution in [0, 0.1) is 19.7 Å². The molecule has 4 nitrogen and oxygen atoms in total. The van der Waals surface area contributed by atoms with E-state index in [1.807, 2.05) is 11.6 Å². The lowest BCUT2D eigenvalue weighted by atomic mass is 9.79. The molecule has 28 heavy (non-hydrogen) atoms. The number of hydrogen-bond acceptors (Lipinski definition) is 4. The highest BCUT2D eigenvalue weighted by atomic mass is 32.1. The topological polar surface area (TPSA) is 46.9 Å². The second-order valence-corrected chi connectivity index (χ2v) is 8.73. The van der Waals surface area contributed by atoms with Gasteiger partial charge in [-0.15, -0.1) is 11.3 Å². The summed E-state index contributed by atoms with van der Waals surface area (Å²) >= 11 is 1.73. The molecule has 0 fully saturated rings. The smallest absolute Gasteiger partial charge is 0.161 e. The minimum Gasteiger partial charge on any atom is -0.343 e. The Bertz CT molecular complexity index is 1120. The van der Waals surface area contributed by atoms with Gasteiger partial charge in [0.2, 0.25) is 0 Å². The van der Waals surface area contributed by atoms with E-state index in [2.05, 4.69) is 24.4 Å². The van der Waals surface area contributed by atoms with Crippen LogP contribution in [0.3, 0.4) is 0 Å². The van der Waals surface area contributed by atoms with Crippen LogP contribution in [0.2, 0.25) is 0 Å². The summed E-state index contributed by atoms with van der Waals surface area (Å²) in [6.07, 6.45) is 2.32. The number of hydrogen-bond donors (Lipinski definition) is 1. The Morgan fingerprint density at radius 2 is 1.93 bits per heavy atom. The molecule has 2 aromatic heterocycles. The molecule has 1 aliphatic heterocycles. The van der Waals surface area contributed by atoms with Crippen LogP contribution in [-0.4, -0.2) is 15.6 Å². The minimum atomic E-state index is -0.274. The molecule has 3 heterocycles. The van der Waals surface area contributed by atoms with Crippen LogP contribution in [0.5, 0.6) is 0 Å². The van der Waals surface area contributed by atoms with Gasteiger partial charge in [-0.2, -0.15) is 5.10 Å². The number of allylic oxidation sites excluding steroid dienone is 2. The van der Waals surface area contributed by atoms with E-state index >= 15 is 0 Å². The molecule has 1 aromatic carbocycles. The van der Waals surface area contributed by atoms with Gasteiger partial charge in [-0.05, 0) is 63.1 Å². The van der Waals surface area contributed by atoms with E-state index in [0.717, 1.165) is 46.9 Å². The molecule has 0 saturated heterocycles. The van der Waals surface area contributed by atoms with Crippen molar-refractivity contribution < 1.29 is 9.18 Å². The summed E-state index contributed by atoms with van der Waals surface area (Å²) in [7, 11) is 0. The van der Waals surface area contributed by atoms with E-state index in [1.54, 1.807) is 23.5 Å². The molecule has 6 heteroatoms. The van der Waals surface area contributed by atoms with Gasteiger partial charge >= 0.3 is 0 Å². The third kappa shape index (κ3) is 2.63. The number of halogens is 1. The molecule has 1 aliphatic carbocycles. The van der Waals surface area contributed by atoms with Crippen LogP contribution in [0.15, 0.2) is 47.7 Å². The number of thiophene rings is 1. The summed E-state index contributed by atoms with van der Waals surface area (Å²) in [4.78, 5) is 15.3. The molecule has 5 rings (SSSR count). The van der Waals surface area contributed by atoms with Gasteiger partial charge in [-0.25, -0.2) is 9.07 Å². The molecule has 1 atom stereocenters. The SMILES string of the molecule is Cc1ccc(C2C3=C(CCCC3=O)Nc3c2c(C)nn3-c2ccc(F)cc2)s1. The molecule has 3 aromatic rings. The Balaban J connectivity index is 1.74. The molecule has 0 spiro atoms. The number of aromatic nitrogens is 2. The fourth-order valence-corrected chi connectivity index (χ4v) is 5.28. The van der Waals surface area contributed by atoms with Crippen LogP contribution >= 0.6 is 11.3 Å². The summed E-state index contributed by atoms with van der Waals surface area (Å²) < 4.78 is 15.2. The lowest BCUT2D eigenvalue weighted by Gasteiger charge is -2.32. The maximum Gasteiger partial charge on any atom is 0.161 e. The molecule has 1 unspecified atom stereocenters. The van der Waals surface area contributed by atoms with Crippen LogP contribution in [0.4, 0.5) is 10.2 Å². The number of carbonyl (C=O) groups excluding carboxylic acids is 1. The summed E-state index contributed by atoms with van der Waals surface area (Å²) in [6.45, 7) is 4.07. The molecule has 142 valence electrons. The maximum atomic E-state index is 13.4. The molecule has 1 N–H and O–H groups in total. The Labute approximate surface area is 166 Å². The monoisotopic (exact) mass is 393 g/mol. The second-order valence-electron chi connectivity index (χ2n) is 7.41. The average molecular weight is 393 g/mol. The highest BCUT2D eigenvalue weighted by Crippen LogP contribution is 2.48. The average Bonchev–Trinajstić information content (AvgIpc) is 3.25. The van der Waals surface area contributed by atoms with Crippen molar-refractivity contribution in [3.63, 3.8) is 0 Å². The highest BCUT2D eigenvalue weighted by Gasteiger charge is 2.39. The Kier molecular flexibility index (Phi) is 3.98. The fourth-order valence-electron chi connectivity index (χ4n) is 4.28. The van der Waals surface area contributed by atoms with Crippen molar-refractivity contribution in [2.45, 2.75) is 39.0 Å². The first-order chi connectivity index (χ1) is 13.5. The predicted octanol–water partition coefficient (Wildman–Crippen LogP) is 5.25. The summed E-state index contributed by atoms with van der Waals surface area (Å²) in [5, 5.41) is 8.26. The zero-order valence-electron chi connectivity index (χ0n) is 15.8. The normalized spacial score (nSPS) is 18.7. The number of carbonyl (C=O) groups is 1. The quantitative estimate of drug-likeness (QED) is 0.646. The fraction of sp³-hybridized carbons (Fsp3) is 0.273. The van der Waals surface area contributed by atoms with Crippen LogP contribution in [-0.2, 0) is 4.79 Å². The second kappa shape index (κ2) is 6.41. The first-order valence-corrected chi connectivity index (χ1v) is 10.3. The van der Waals surface area contributed by atoms with Crippen LogP contribution < -0.4 is 5.32 Å². The summed E-state index contributed by atoms with van der Waals surface area (Å²) in [5.74, 6) is 0.745. The van der Waals surface area contributed by atoms with E-state index in [-0.39, 0.29) is 17.5 Å². The van der Waals surface area contributed by atoms with Gasteiger partial charge in [0, 0.05) is 33.0 Å². The lowest BCUT2D eigenvalue weighted by Crippen LogP contribution is -2.27. The van der Waals surface area contributed by atoms with Crippen LogP contribution in [0.1, 0.15) is 46.2 Å². The molecule has 0 amide bonds. The number of ketones is 1. The van der Waals surface area contributed by atoms with Crippen molar-refractivity contribution in [1.29, 1.82) is 0 Å². The van der Waals surface area contributed by atoms with Gasteiger partial charge < -0.3 is 5.32 Å². The maximum absolute atomic E-state index is 13.4.